The second-order valence-electron chi connectivity index (χ2n) is 2.61. The van der Waals surface area contributed by atoms with Gasteiger partial charge in [0.2, 0.25) is 5.75 Å². The summed E-state index contributed by atoms with van der Waals surface area (Å²) in [6.07, 6.45) is -2.30. The number of methoxy groups -OCH3 is 1. The van der Waals surface area contributed by atoms with Crippen molar-refractivity contribution in [3.8, 4) is 11.8 Å². The largest absolute Gasteiger partial charge is 0.489 e. The number of rotatable bonds is 3. The van der Waals surface area contributed by atoms with Crippen molar-refractivity contribution >= 4 is 5.69 Å². The summed E-state index contributed by atoms with van der Waals surface area (Å²) in [5, 5.41) is 19.2. The van der Waals surface area contributed by atoms with E-state index < -0.39 is 28.5 Å². The minimum atomic E-state index is -3.11. The van der Waals surface area contributed by atoms with Crippen LogP contribution in [-0.4, -0.2) is 17.0 Å². The highest BCUT2D eigenvalue weighted by atomic mass is 19.3. The quantitative estimate of drug-likeness (QED) is 0.582. The third kappa shape index (κ3) is 1.88. The molecule has 0 radical (unpaired) electrons. The lowest BCUT2D eigenvalue weighted by Gasteiger charge is -2.06. The first-order valence-corrected chi connectivity index (χ1v) is 3.92. The van der Waals surface area contributed by atoms with Gasteiger partial charge in [0, 0.05) is 6.20 Å². The smallest absolute Gasteiger partial charge is 0.339 e. The summed E-state index contributed by atoms with van der Waals surface area (Å²) >= 11 is 0. The summed E-state index contributed by atoms with van der Waals surface area (Å²) in [5.41, 5.74) is -2.25. The van der Waals surface area contributed by atoms with Crippen LogP contribution in [-0.2, 0) is 0 Å². The molecule has 1 heterocycles. The standard InChI is InChI=1S/C8H5F2N3O3/c1-16-7-4(2-11)3-12-5(8(9)10)6(7)13(14)15/h3,8H,1H3. The first kappa shape index (κ1) is 11.8. The van der Waals surface area contributed by atoms with Crippen LogP contribution in [0.25, 0.3) is 0 Å². The molecule has 0 aliphatic rings. The van der Waals surface area contributed by atoms with Crippen LogP contribution in [0.4, 0.5) is 14.5 Å². The number of nitriles is 1. The van der Waals surface area contributed by atoms with Crippen LogP contribution in [0.5, 0.6) is 5.75 Å². The second kappa shape index (κ2) is 4.48. The molecular weight excluding hydrogens is 224 g/mol. The number of halogens is 2. The molecule has 0 aromatic carbocycles. The number of pyridine rings is 1. The van der Waals surface area contributed by atoms with Gasteiger partial charge in [-0.1, -0.05) is 0 Å². The van der Waals surface area contributed by atoms with Crippen LogP contribution in [0, 0.1) is 21.4 Å². The van der Waals surface area contributed by atoms with Gasteiger partial charge in [-0.05, 0) is 0 Å². The minimum Gasteiger partial charge on any atom is -0.489 e. The first-order valence-electron chi connectivity index (χ1n) is 3.92. The van der Waals surface area contributed by atoms with Crippen LogP contribution in [0.2, 0.25) is 0 Å². The molecule has 0 N–H and O–H groups in total. The van der Waals surface area contributed by atoms with Crippen molar-refractivity contribution in [3.05, 3.63) is 27.6 Å². The molecule has 0 aliphatic heterocycles. The Morgan fingerprint density at radius 2 is 2.31 bits per heavy atom. The van der Waals surface area contributed by atoms with Crippen LogP contribution in [0.3, 0.4) is 0 Å². The fraction of sp³-hybridized carbons (Fsp3) is 0.250. The average Bonchev–Trinajstić information content (AvgIpc) is 2.26. The van der Waals surface area contributed by atoms with E-state index in [4.69, 9.17) is 5.26 Å². The lowest BCUT2D eigenvalue weighted by Crippen LogP contribution is -2.04. The lowest BCUT2D eigenvalue weighted by molar-refractivity contribution is -0.387. The lowest BCUT2D eigenvalue weighted by atomic mass is 10.2. The summed E-state index contributed by atoms with van der Waals surface area (Å²) in [6, 6.07) is 1.57. The summed E-state index contributed by atoms with van der Waals surface area (Å²) in [5.74, 6) is -0.502. The number of hydrogen-bond acceptors (Lipinski definition) is 5. The third-order valence-corrected chi connectivity index (χ3v) is 1.75. The third-order valence-electron chi connectivity index (χ3n) is 1.75. The monoisotopic (exact) mass is 229 g/mol. The minimum absolute atomic E-state index is 0.265. The molecule has 8 heteroatoms. The van der Waals surface area contributed by atoms with Crippen LogP contribution in [0.15, 0.2) is 6.20 Å². The second-order valence-corrected chi connectivity index (χ2v) is 2.61. The van der Waals surface area contributed by atoms with E-state index in [1.807, 2.05) is 0 Å². The molecule has 1 aromatic heterocycles. The summed E-state index contributed by atoms with van der Waals surface area (Å²) in [7, 11) is 1.05. The van der Waals surface area contributed by atoms with Crippen LogP contribution >= 0.6 is 0 Å². The Kier molecular flexibility index (Phi) is 3.30. The number of nitrogens with zero attached hydrogens (tertiary/aromatic N) is 3. The Balaban J connectivity index is 3.58. The SMILES string of the molecule is COc1c(C#N)cnc(C(F)F)c1[N+](=O)[O-]. The predicted octanol–water partition coefficient (Wildman–Crippen LogP) is 1.81. The molecular formula is C8H5F2N3O3. The maximum atomic E-state index is 12.4. The normalized spacial score (nSPS) is 9.94. The van der Waals surface area contributed by atoms with Gasteiger partial charge in [-0.25, -0.2) is 13.8 Å². The Bertz CT molecular complexity index is 470. The highest BCUT2D eigenvalue weighted by molar-refractivity contribution is 5.58. The van der Waals surface area contributed by atoms with Crippen molar-refractivity contribution < 1.29 is 18.4 Å². The van der Waals surface area contributed by atoms with Gasteiger partial charge in [0.25, 0.3) is 6.43 Å². The molecule has 0 bridgehead atoms. The zero-order valence-electron chi connectivity index (χ0n) is 7.98. The summed E-state index contributed by atoms with van der Waals surface area (Å²) < 4.78 is 29.5. The van der Waals surface area contributed by atoms with E-state index in [0.29, 0.717) is 0 Å². The van der Waals surface area contributed by atoms with Gasteiger partial charge < -0.3 is 4.74 Å². The first-order chi connectivity index (χ1) is 7.52. The zero-order valence-corrected chi connectivity index (χ0v) is 7.98. The average molecular weight is 229 g/mol. The molecule has 84 valence electrons. The van der Waals surface area contributed by atoms with E-state index in [9.17, 15) is 18.9 Å². The van der Waals surface area contributed by atoms with Crippen molar-refractivity contribution in [1.29, 1.82) is 5.26 Å². The van der Waals surface area contributed by atoms with E-state index in [-0.39, 0.29) is 5.56 Å². The molecule has 16 heavy (non-hydrogen) atoms. The number of alkyl halides is 2. The molecule has 1 aromatic rings. The molecule has 0 spiro atoms. The molecule has 0 saturated carbocycles. The number of hydrogen-bond donors (Lipinski definition) is 0. The summed E-state index contributed by atoms with van der Waals surface area (Å²) in [6.45, 7) is 0. The molecule has 0 saturated heterocycles. The molecule has 6 nitrogen and oxygen atoms in total. The van der Waals surface area contributed by atoms with Gasteiger partial charge in [-0.15, -0.1) is 0 Å². The molecule has 0 unspecified atom stereocenters. The molecule has 1 rings (SSSR count). The highest BCUT2D eigenvalue weighted by Gasteiger charge is 2.30. The van der Waals surface area contributed by atoms with Gasteiger partial charge in [-0.2, -0.15) is 5.26 Å². The van der Waals surface area contributed by atoms with Crippen molar-refractivity contribution in [2.24, 2.45) is 0 Å². The van der Waals surface area contributed by atoms with Crippen molar-refractivity contribution in [2.75, 3.05) is 7.11 Å². The Labute approximate surface area is 88.2 Å². The van der Waals surface area contributed by atoms with E-state index in [1.54, 1.807) is 6.07 Å². The number of aromatic nitrogens is 1. The van der Waals surface area contributed by atoms with Gasteiger partial charge >= 0.3 is 5.69 Å². The maximum Gasteiger partial charge on any atom is 0.339 e. The van der Waals surface area contributed by atoms with Gasteiger partial charge in [0.15, 0.2) is 5.69 Å². The predicted molar refractivity (Wildman–Crippen MR) is 47.1 cm³/mol. The summed E-state index contributed by atoms with van der Waals surface area (Å²) in [4.78, 5) is 12.8. The fourth-order valence-corrected chi connectivity index (χ4v) is 1.12. The number of ether oxygens (including phenoxy) is 1. The zero-order chi connectivity index (χ0) is 12.3. The maximum absolute atomic E-state index is 12.4. The van der Waals surface area contributed by atoms with Crippen molar-refractivity contribution in [3.63, 3.8) is 0 Å². The van der Waals surface area contributed by atoms with E-state index in [2.05, 4.69) is 9.72 Å². The highest BCUT2D eigenvalue weighted by Crippen LogP contribution is 2.36. The molecule has 0 fully saturated rings. The van der Waals surface area contributed by atoms with Crippen molar-refractivity contribution in [1.82, 2.24) is 4.98 Å². The Hall–Kier alpha value is -2.30. The topological polar surface area (TPSA) is 89.0 Å². The Morgan fingerprint density at radius 1 is 1.69 bits per heavy atom. The number of nitro groups is 1. The fourth-order valence-electron chi connectivity index (χ4n) is 1.12. The molecule has 0 atom stereocenters. The van der Waals surface area contributed by atoms with Gasteiger partial charge in [0.1, 0.15) is 11.6 Å². The Morgan fingerprint density at radius 3 is 2.69 bits per heavy atom. The van der Waals surface area contributed by atoms with E-state index in [0.717, 1.165) is 13.3 Å². The molecule has 0 aliphatic carbocycles. The van der Waals surface area contributed by atoms with E-state index >= 15 is 0 Å². The van der Waals surface area contributed by atoms with E-state index in [1.165, 1.54) is 0 Å². The van der Waals surface area contributed by atoms with Crippen LogP contribution < -0.4 is 4.74 Å². The van der Waals surface area contributed by atoms with Gasteiger partial charge in [0.05, 0.1) is 12.0 Å². The van der Waals surface area contributed by atoms with Crippen LogP contribution in [0.1, 0.15) is 17.7 Å². The van der Waals surface area contributed by atoms with Gasteiger partial charge in [-0.3, -0.25) is 10.1 Å². The van der Waals surface area contributed by atoms with Crippen molar-refractivity contribution in [2.45, 2.75) is 6.43 Å². The molecule has 0 amide bonds.